The van der Waals surface area contributed by atoms with Crippen LogP contribution in [0.25, 0.3) is 21.6 Å². The van der Waals surface area contributed by atoms with E-state index < -0.39 is 0 Å². The highest BCUT2D eigenvalue weighted by molar-refractivity contribution is 7.16. The van der Waals surface area contributed by atoms with E-state index in [1.165, 1.54) is 0 Å². The minimum atomic E-state index is 0.724. The van der Waals surface area contributed by atoms with Gasteiger partial charge in [-0.2, -0.15) is 5.10 Å². The molecule has 0 amide bonds. The number of hydrogen-bond donors (Lipinski definition) is 1. The topological polar surface area (TPSA) is 55.6 Å². The molecule has 0 fully saturated rings. The largest absolute Gasteiger partial charge is 0.369 e. The fraction of sp³-hybridized carbons (Fsp3) is 0.308. The van der Waals surface area contributed by atoms with Gasteiger partial charge in [-0.25, -0.2) is 9.97 Å². The van der Waals surface area contributed by atoms with Crippen molar-refractivity contribution in [3.05, 3.63) is 23.8 Å². The van der Waals surface area contributed by atoms with Gasteiger partial charge in [-0.3, -0.25) is 4.68 Å². The van der Waals surface area contributed by atoms with Crippen molar-refractivity contribution in [2.45, 2.75) is 13.3 Å². The molecule has 19 heavy (non-hydrogen) atoms. The molecule has 0 saturated heterocycles. The van der Waals surface area contributed by atoms with Crippen LogP contribution in [0.3, 0.4) is 0 Å². The Balaban J connectivity index is 2.10. The third-order valence-corrected chi connectivity index (χ3v) is 3.64. The maximum absolute atomic E-state index is 4.63. The van der Waals surface area contributed by atoms with Crippen molar-refractivity contribution >= 4 is 27.4 Å². The van der Waals surface area contributed by atoms with Crippen LogP contribution in [-0.2, 0) is 7.05 Å². The van der Waals surface area contributed by atoms with Crippen LogP contribution in [0.5, 0.6) is 0 Å². The third-order valence-electron chi connectivity index (χ3n) is 2.83. The van der Waals surface area contributed by atoms with Crippen molar-refractivity contribution in [2.24, 2.45) is 7.05 Å². The summed E-state index contributed by atoms with van der Waals surface area (Å²) in [5.74, 6) is 1.63. The van der Waals surface area contributed by atoms with E-state index in [-0.39, 0.29) is 0 Å². The second-order valence-electron chi connectivity index (χ2n) is 4.36. The van der Waals surface area contributed by atoms with Gasteiger partial charge in [0.2, 0.25) is 0 Å². The van der Waals surface area contributed by atoms with Crippen molar-refractivity contribution in [1.82, 2.24) is 19.7 Å². The summed E-state index contributed by atoms with van der Waals surface area (Å²) in [6.45, 7) is 3.05. The monoisotopic (exact) mass is 273 g/mol. The van der Waals surface area contributed by atoms with Gasteiger partial charge >= 0.3 is 0 Å². The normalized spacial score (nSPS) is 11.1. The zero-order valence-electron chi connectivity index (χ0n) is 10.9. The SMILES string of the molecule is CCCNc1nc(-c2cnn(C)c2)nc2sccc12. The minimum absolute atomic E-state index is 0.724. The first kappa shape index (κ1) is 12.1. The zero-order valence-corrected chi connectivity index (χ0v) is 11.7. The molecule has 0 spiro atoms. The summed E-state index contributed by atoms with van der Waals surface area (Å²) >= 11 is 1.63. The quantitative estimate of drug-likeness (QED) is 0.794. The molecule has 3 heterocycles. The van der Waals surface area contributed by atoms with Crippen LogP contribution in [0.4, 0.5) is 5.82 Å². The van der Waals surface area contributed by atoms with Gasteiger partial charge in [0.05, 0.1) is 17.1 Å². The average molecular weight is 273 g/mol. The highest BCUT2D eigenvalue weighted by Gasteiger charge is 2.11. The van der Waals surface area contributed by atoms with Crippen LogP contribution in [0.1, 0.15) is 13.3 Å². The van der Waals surface area contributed by atoms with Crippen molar-refractivity contribution in [3.8, 4) is 11.4 Å². The maximum atomic E-state index is 4.63. The van der Waals surface area contributed by atoms with Crippen molar-refractivity contribution in [1.29, 1.82) is 0 Å². The Morgan fingerprint density at radius 2 is 2.26 bits per heavy atom. The first-order chi connectivity index (χ1) is 9.28. The van der Waals surface area contributed by atoms with E-state index in [0.717, 1.165) is 40.4 Å². The van der Waals surface area contributed by atoms with Gasteiger partial charge in [0, 0.05) is 19.8 Å². The van der Waals surface area contributed by atoms with E-state index in [2.05, 4.69) is 33.4 Å². The predicted molar refractivity (Wildman–Crippen MR) is 78.4 cm³/mol. The first-order valence-corrected chi connectivity index (χ1v) is 7.14. The Labute approximate surface area is 115 Å². The number of hydrogen-bond acceptors (Lipinski definition) is 5. The van der Waals surface area contributed by atoms with Gasteiger partial charge in [0.1, 0.15) is 10.6 Å². The number of rotatable bonds is 4. The van der Waals surface area contributed by atoms with E-state index >= 15 is 0 Å². The van der Waals surface area contributed by atoms with E-state index in [1.54, 1.807) is 22.2 Å². The highest BCUT2D eigenvalue weighted by Crippen LogP contribution is 2.28. The lowest BCUT2D eigenvalue weighted by molar-refractivity contribution is 0.768. The minimum Gasteiger partial charge on any atom is -0.369 e. The Bertz CT molecular complexity index is 700. The van der Waals surface area contributed by atoms with Crippen LogP contribution in [0.15, 0.2) is 23.8 Å². The lowest BCUT2D eigenvalue weighted by Gasteiger charge is -2.06. The van der Waals surface area contributed by atoms with Crippen LogP contribution in [0.2, 0.25) is 0 Å². The van der Waals surface area contributed by atoms with Crippen LogP contribution in [0, 0.1) is 0 Å². The standard InChI is InChI=1S/C13H15N5S/c1-3-5-14-12-10-4-6-19-13(10)17-11(16-12)9-7-15-18(2)8-9/h4,6-8H,3,5H2,1-2H3,(H,14,16,17). The number of aromatic nitrogens is 4. The Kier molecular flexibility index (Phi) is 3.16. The van der Waals surface area contributed by atoms with Gasteiger partial charge in [-0.1, -0.05) is 6.92 Å². The maximum Gasteiger partial charge on any atom is 0.166 e. The van der Waals surface area contributed by atoms with Crippen LogP contribution in [-0.4, -0.2) is 26.3 Å². The van der Waals surface area contributed by atoms with E-state index in [4.69, 9.17) is 0 Å². The molecule has 5 nitrogen and oxygen atoms in total. The fourth-order valence-electron chi connectivity index (χ4n) is 1.90. The summed E-state index contributed by atoms with van der Waals surface area (Å²) in [5, 5.41) is 10.7. The van der Waals surface area contributed by atoms with Crippen LogP contribution >= 0.6 is 11.3 Å². The van der Waals surface area contributed by atoms with Crippen molar-refractivity contribution in [2.75, 3.05) is 11.9 Å². The van der Waals surface area contributed by atoms with Gasteiger partial charge in [0.15, 0.2) is 5.82 Å². The lowest BCUT2D eigenvalue weighted by atomic mass is 10.3. The lowest BCUT2D eigenvalue weighted by Crippen LogP contribution is -2.03. The number of fused-ring (bicyclic) bond motifs is 1. The molecule has 0 aliphatic rings. The summed E-state index contributed by atoms with van der Waals surface area (Å²) < 4.78 is 1.76. The number of thiophene rings is 1. The molecule has 98 valence electrons. The molecule has 3 aromatic rings. The molecule has 0 saturated carbocycles. The molecular weight excluding hydrogens is 258 g/mol. The van der Waals surface area contributed by atoms with E-state index in [0.29, 0.717) is 0 Å². The smallest absolute Gasteiger partial charge is 0.166 e. The Hall–Kier alpha value is -1.95. The summed E-state index contributed by atoms with van der Waals surface area (Å²) in [5.41, 5.74) is 0.942. The number of aryl methyl sites for hydroxylation is 1. The van der Waals surface area contributed by atoms with Gasteiger partial charge in [-0.05, 0) is 17.9 Å². The number of anilines is 1. The molecule has 6 heteroatoms. The van der Waals surface area contributed by atoms with Crippen molar-refractivity contribution in [3.63, 3.8) is 0 Å². The molecule has 3 rings (SSSR count). The van der Waals surface area contributed by atoms with Crippen molar-refractivity contribution < 1.29 is 0 Å². The molecule has 0 bridgehead atoms. The van der Waals surface area contributed by atoms with Gasteiger partial charge in [0.25, 0.3) is 0 Å². The second-order valence-corrected chi connectivity index (χ2v) is 5.26. The second kappa shape index (κ2) is 4.97. The Morgan fingerprint density at radius 3 is 3.00 bits per heavy atom. The number of nitrogens with zero attached hydrogens (tertiary/aromatic N) is 4. The molecular formula is C13H15N5S. The average Bonchev–Trinajstić information content (AvgIpc) is 3.03. The van der Waals surface area contributed by atoms with Crippen LogP contribution < -0.4 is 5.32 Å². The highest BCUT2D eigenvalue weighted by atomic mass is 32.1. The fourth-order valence-corrected chi connectivity index (χ4v) is 2.66. The van der Waals surface area contributed by atoms with E-state index in [9.17, 15) is 0 Å². The molecule has 0 aromatic carbocycles. The molecule has 1 N–H and O–H groups in total. The summed E-state index contributed by atoms with van der Waals surface area (Å²) in [6.07, 6.45) is 4.79. The molecule has 0 unspecified atom stereocenters. The molecule has 0 aliphatic heterocycles. The third kappa shape index (κ3) is 2.31. The summed E-state index contributed by atoms with van der Waals surface area (Å²) in [4.78, 5) is 10.2. The molecule has 0 radical (unpaired) electrons. The van der Waals surface area contributed by atoms with E-state index in [1.807, 2.05) is 18.6 Å². The zero-order chi connectivity index (χ0) is 13.2. The molecule has 0 aliphatic carbocycles. The number of nitrogens with one attached hydrogen (secondary N) is 1. The predicted octanol–water partition coefficient (Wildman–Crippen LogP) is 2.91. The molecule has 3 aromatic heterocycles. The Morgan fingerprint density at radius 1 is 1.37 bits per heavy atom. The molecule has 0 atom stereocenters. The van der Waals surface area contributed by atoms with Gasteiger partial charge in [-0.15, -0.1) is 11.3 Å². The summed E-state index contributed by atoms with van der Waals surface area (Å²) in [7, 11) is 1.89. The first-order valence-electron chi connectivity index (χ1n) is 6.26. The van der Waals surface area contributed by atoms with Gasteiger partial charge < -0.3 is 5.32 Å². The summed E-state index contributed by atoms with van der Waals surface area (Å²) in [6, 6.07) is 2.06.